The summed E-state index contributed by atoms with van der Waals surface area (Å²) >= 11 is 0. The quantitative estimate of drug-likeness (QED) is 0.736. The number of aromatic hydroxyl groups is 1. The van der Waals surface area contributed by atoms with Gasteiger partial charge in [-0.2, -0.15) is 0 Å². The van der Waals surface area contributed by atoms with E-state index in [4.69, 9.17) is 4.74 Å². The fourth-order valence-electron chi connectivity index (χ4n) is 2.89. The van der Waals surface area contributed by atoms with Crippen LogP contribution >= 0.6 is 0 Å². The Morgan fingerprint density at radius 2 is 1.81 bits per heavy atom. The summed E-state index contributed by atoms with van der Waals surface area (Å²) in [5, 5.41) is 19.5. The highest BCUT2D eigenvalue weighted by Crippen LogP contribution is 2.33. The lowest BCUT2D eigenvalue weighted by Gasteiger charge is -2.27. The van der Waals surface area contributed by atoms with Crippen molar-refractivity contribution < 1.29 is 19.7 Å². The molecule has 8 nitrogen and oxygen atoms in total. The summed E-state index contributed by atoms with van der Waals surface area (Å²) in [7, 11) is 0. The van der Waals surface area contributed by atoms with Gasteiger partial charge in [0.1, 0.15) is 22.7 Å². The van der Waals surface area contributed by atoms with Crippen LogP contribution in [0.3, 0.4) is 0 Å². The van der Waals surface area contributed by atoms with Crippen LogP contribution in [-0.4, -0.2) is 57.4 Å². The van der Waals surface area contributed by atoms with Gasteiger partial charge >= 0.3 is 5.97 Å². The van der Waals surface area contributed by atoms with Crippen LogP contribution in [0.2, 0.25) is 0 Å². The smallest absolute Gasteiger partial charge is 0.354 e. The zero-order valence-corrected chi connectivity index (χ0v) is 13.8. The van der Waals surface area contributed by atoms with Crippen molar-refractivity contribution in [2.45, 2.75) is 0 Å². The van der Waals surface area contributed by atoms with E-state index in [-0.39, 0.29) is 11.4 Å². The Kier molecular flexibility index (Phi) is 4.10. The standard InChI is InChI=1S/C18H16N4O4/c23-14-4-2-1-3-11(14)15-16-12(5-6-13(19-16)17(24)25)20-18(21-15)22-7-9-26-10-8-22/h1-6,23H,7-10H2,(H,24,25). The number of carboxylic acids is 1. The van der Waals surface area contributed by atoms with Gasteiger partial charge in [-0.15, -0.1) is 0 Å². The van der Waals surface area contributed by atoms with E-state index in [1.165, 1.54) is 6.07 Å². The van der Waals surface area contributed by atoms with E-state index in [1.54, 1.807) is 30.3 Å². The maximum absolute atomic E-state index is 11.3. The molecule has 0 atom stereocenters. The van der Waals surface area contributed by atoms with Crippen molar-refractivity contribution >= 4 is 23.0 Å². The summed E-state index contributed by atoms with van der Waals surface area (Å²) in [4.78, 5) is 26.6. The number of para-hydroxylation sites is 1. The predicted octanol–water partition coefficient (Wildman–Crippen LogP) is 1.93. The number of hydrogen-bond acceptors (Lipinski definition) is 7. The monoisotopic (exact) mass is 352 g/mol. The molecule has 2 N–H and O–H groups in total. The molecule has 3 aromatic rings. The van der Waals surface area contributed by atoms with Crippen LogP contribution in [0.5, 0.6) is 5.75 Å². The number of aromatic carboxylic acids is 1. The highest BCUT2D eigenvalue weighted by Gasteiger charge is 2.20. The summed E-state index contributed by atoms with van der Waals surface area (Å²) in [6.07, 6.45) is 0. The molecule has 0 amide bonds. The zero-order valence-electron chi connectivity index (χ0n) is 13.8. The zero-order chi connectivity index (χ0) is 18.1. The summed E-state index contributed by atoms with van der Waals surface area (Å²) < 4.78 is 5.37. The van der Waals surface area contributed by atoms with Crippen molar-refractivity contribution in [1.29, 1.82) is 0 Å². The van der Waals surface area contributed by atoms with E-state index < -0.39 is 5.97 Å². The molecule has 8 heteroatoms. The van der Waals surface area contributed by atoms with Gasteiger partial charge in [0.15, 0.2) is 0 Å². The van der Waals surface area contributed by atoms with Crippen molar-refractivity contribution in [1.82, 2.24) is 15.0 Å². The SMILES string of the molecule is O=C(O)c1ccc2nc(N3CCOCC3)nc(-c3ccccc3O)c2n1. The van der Waals surface area contributed by atoms with E-state index in [0.717, 1.165) is 0 Å². The third-order valence-electron chi connectivity index (χ3n) is 4.20. The van der Waals surface area contributed by atoms with Crippen LogP contribution in [0.4, 0.5) is 5.95 Å². The molecule has 0 radical (unpaired) electrons. The van der Waals surface area contributed by atoms with Gasteiger partial charge in [-0.05, 0) is 24.3 Å². The lowest BCUT2D eigenvalue weighted by Crippen LogP contribution is -2.37. The molecular weight excluding hydrogens is 336 g/mol. The van der Waals surface area contributed by atoms with Gasteiger partial charge in [-0.25, -0.2) is 19.7 Å². The van der Waals surface area contributed by atoms with Crippen LogP contribution < -0.4 is 4.90 Å². The maximum atomic E-state index is 11.3. The molecule has 26 heavy (non-hydrogen) atoms. The molecule has 132 valence electrons. The molecule has 0 saturated carbocycles. The minimum absolute atomic E-state index is 0.0444. The molecule has 1 aromatic carbocycles. The van der Waals surface area contributed by atoms with E-state index >= 15 is 0 Å². The number of phenolic OH excluding ortho intramolecular Hbond substituents is 1. The Bertz CT molecular complexity index is 986. The molecular formula is C18H16N4O4. The average Bonchev–Trinajstić information content (AvgIpc) is 2.68. The largest absolute Gasteiger partial charge is 0.507 e. The number of phenols is 1. The summed E-state index contributed by atoms with van der Waals surface area (Å²) in [5.41, 5.74) is 1.63. The number of anilines is 1. The summed E-state index contributed by atoms with van der Waals surface area (Å²) in [6, 6.07) is 9.78. The molecule has 0 spiro atoms. The Labute approximate surface area is 148 Å². The number of hydrogen-bond donors (Lipinski definition) is 2. The Morgan fingerprint density at radius 3 is 2.54 bits per heavy atom. The molecule has 3 heterocycles. The minimum atomic E-state index is -1.13. The number of carboxylic acid groups (broad SMARTS) is 1. The second-order valence-electron chi connectivity index (χ2n) is 5.86. The normalized spacial score (nSPS) is 14.5. The number of pyridine rings is 1. The third kappa shape index (κ3) is 2.91. The summed E-state index contributed by atoms with van der Waals surface area (Å²) in [6.45, 7) is 2.49. The predicted molar refractivity (Wildman–Crippen MR) is 94.4 cm³/mol. The van der Waals surface area contributed by atoms with Gasteiger partial charge in [0.2, 0.25) is 5.95 Å². The third-order valence-corrected chi connectivity index (χ3v) is 4.20. The fourth-order valence-corrected chi connectivity index (χ4v) is 2.89. The van der Waals surface area contributed by atoms with Crippen LogP contribution in [0, 0.1) is 0 Å². The van der Waals surface area contributed by atoms with Gasteiger partial charge < -0.3 is 19.8 Å². The molecule has 2 aromatic heterocycles. The number of benzene rings is 1. The van der Waals surface area contributed by atoms with Gasteiger partial charge in [-0.3, -0.25) is 0 Å². The topological polar surface area (TPSA) is 109 Å². The molecule has 0 aliphatic carbocycles. The lowest BCUT2D eigenvalue weighted by molar-refractivity contribution is 0.0691. The number of morpholine rings is 1. The van der Waals surface area contributed by atoms with Gasteiger partial charge in [0.25, 0.3) is 0 Å². The molecule has 1 aliphatic heterocycles. The van der Waals surface area contributed by atoms with Crippen molar-refractivity contribution in [2.24, 2.45) is 0 Å². The first-order valence-corrected chi connectivity index (χ1v) is 8.16. The first-order valence-electron chi connectivity index (χ1n) is 8.16. The number of carbonyl (C=O) groups is 1. The first-order chi connectivity index (χ1) is 12.6. The Hall–Kier alpha value is -3.26. The van der Waals surface area contributed by atoms with Crippen molar-refractivity contribution in [3.05, 3.63) is 42.1 Å². The van der Waals surface area contributed by atoms with Crippen LogP contribution in [0.25, 0.3) is 22.3 Å². The fraction of sp³-hybridized carbons (Fsp3) is 0.222. The molecule has 4 rings (SSSR count). The van der Waals surface area contributed by atoms with Gasteiger partial charge in [0, 0.05) is 18.7 Å². The molecule has 0 bridgehead atoms. The van der Waals surface area contributed by atoms with Gasteiger partial charge in [0.05, 0.1) is 18.7 Å². The molecule has 1 aliphatic rings. The Balaban J connectivity index is 1.96. The van der Waals surface area contributed by atoms with E-state index in [9.17, 15) is 15.0 Å². The second-order valence-corrected chi connectivity index (χ2v) is 5.86. The lowest BCUT2D eigenvalue weighted by atomic mass is 10.1. The van der Waals surface area contributed by atoms with Crippen molar-refractivity contribution in [3.63, 3.8) is 0 Å². The first kappa shape index (κ1) is 16.2. The number of nitrogens with zero attached hydrogens (tertiary/aromatic N) is 4. The minimum Gasteiger partial charge on any atom is -0.507 e. The summed E-state index contributed by atoms with van der Waals surface area (Å²) in [5.74, 6) is -0.584. The van der Waals surface area contributed by atoms with Crippen LogP contribution in [0.1, 0.15) is 10.5 Å². The van der Waals surface area contributed by atoms with Crippen LogP contribution in [-0.2, 0) is 4.74 Å². The number of aromatic nitrogens is 3. The van der Waals surface area contributed by atoms with E-state index in [1.807, 2.05) is 4.90 Å². The number of ether oxygens (including phenoxy) is 1. The maximum Gasteiger partial charge on any atom is 0.354 e. The highest BCUT2D eigenvalue weighted by atomic mass is 16.5. The molecule has 1 saturated heterocycles. The molecule has 1 fully saturated rings. The number of fused-ring (bicyclic) bond motifs is 1. The second kappa shape index (κ2) is 6.57. The van der Waals surface area contributed by atoms with Crippen LogP contribution in [0.15, 0.2) is 36.4 Å². The van der Waals surface area contributed by atoms with Crippen molar-refractivity contribution in [2.75, 3.05) is 31.2 Å². The molecule has 0 unspecified atom stereocenters. The highest BCUT2D eigenvalue weighted by molar-refractivity contribution is 5.95. The Morgan fingerprint density at radius 1 is 1.04 bits per heavy atom. The van der Waals surface area contributed by atoms with E-state index in [2.05, 4.69) is 15.0 Å². The number of rotatable bonds is 3. The average molecular weight is 352 g/mol. The van der Waals surface area contributed by atoms with E-state index in [0.29, 0.717) is 54.5 Å². The van der Waals surface area contributed by atoms with Crippen molar-refractivity contribution in [3.8, 4) is 17.0 Å². The van der Waals surface area contributed by atoms with Gasteiger partial charge in [-0.1, -0.05) is 12.1 Å².